The molecule has 2 rings (SSSR count). The Morgan fingerprint density at radius 2 is 2.11 bits per heavy atom. The normalized spacial score (nSPS) is 11.6. The largest absolute Gasteiger partial charge is 0.419 e. The van der Waals surface area contributed by atoms with E-state index in [-0.39, 0.29) is 12.4 Å². The summed E-state index contributed by atoms with van der Waals surface area (Å²) in [4.78, 5) is 3.74. The topological polar surface area (TPSA) is 42.7 Å². The van der Waals surface area contributed by atoms with E-state index in [0.29, 0.717) is 0 Å². The lowest BCUT2D eigenvalue weighted by molar-refractivity contribution is -0.137. The third-order valence-electron chi connectivity index (χ3n) is 2.90. The maximum atomic E-state index is 12.8. The van der Waals surface area contributed by atoms with E-state index in [1.807, 2.05) is 6.92 Å². The van der Waals surface area contributed by atoms with Crippen LogP contribution in [0.5, 0.6) is 0 Å². The van der Waals surface area contributed by atoms with Gasteiger partial charge in [0.2, 0.25) is 0 Å². The second kappa shape index (κ2) is 4.91. The summed E-state index contributed by atoms with van der Waals surface area (Å²) in [6, 6.07) is 2.27. The fraction of sp³-hybridized carbons (Fsp3) is 0.333. The van der Waals surface area contributed by atoms with Crippen molar-refractivity contribution in [1.29, 1.82) is 0 Å². The van der Waals surface area contributed by atoms with Crippen LogP contribution in [0.15, 0.2) is 24.5 Å². The van der Waals surface area contributed by atoms with Crippen LogP contribution in [0.3, 0.4) is 0 Å². The number of hydrogen-bond acceptors (Lipinski definition) is 3. The van der Waals surface area contributed by atoms with E-state index in [4.69, 9.17) is 0 Å². The van der Waals surface area contributed by atoms with Gasteiger partial charge in [-0.15, -0.1) is 0 Å². The van der Waals surface area contributed by atoms with Gasteiger partial charge in [0, 0.05) is 31.0 Å². The standard InChI is InChI=1S/C12H13F3N4/c1-8-9(7-18-19(8)2)6-17-11-10(12(13,14)15)4-3-5-16-11/h3-5,7H,6H2,1-2H3,(H,16,17). The summed E-state index contributed by atoms with van der Waals surface area (Å²) >= 11 is 0. The molecule has 0 amide bonds. The van der Waals surface area contributed by atoms with Gasteiger partial charge in [-0.1, -0.05) is 0 Å². The van der Waals surface area contributed by atoms with Gasteiger partial charge in [0.15, 0.2) is 0 Å². The summed E-state index contributed by atoms with van der Waals surface area (Å²) < 4.78 is 40.0. The predicted octanol–water partition coefficient (Wildman–Crippen LogP) is 2.75. The number of nitrogens with zero attached hydrogens (tertiary/aromatic N) is 3. The quantitative estimate of drug-likeness (QED) is 0.932. The van der Waals surface area contributed by atoms with Crippen LogP contribution in [-0.4, -0.2) is 14.8 Å². The first-order valence-corrected chi connectivity index (χ1v) is 5.63. The maximum absolute atomic E-state index is 12.8. The first-order chi connectivity index (χ1) is 8.89. The number of rotatable bonds is 3. The van der Waals surface area contributed by atoms with Crippen molar-refractivity contribution in [3.8, 4) is 0 Å². The van der Waals surface area contributed by atoms with Crippen molar-refractivity contribution in [3.05, 3.63) is 41.3 Å². The molecule has 0 aliphatic rings. The molecule has 0 aromatic carbocycles. The third-order valence-corrected chi connectivity index (χ3v) is 2.90. The van der Waals surface area contributed by atoms with E-state index in [0.717, 1.165) is 17.3 Å². The number of alkyl halides is 3. The Morgan fingerprint density at radius 3 is 2.68 bits per heavy atom. The van der Waals surface area contributed by atoms with Gasteiger partial charge in [0.1, 0.15) is 5.82 Å². The third kappa shape index (κ3) is 2.86. The molecule has 19 heavy (non-hydrogen) atoms. The lowest BCUT2D eigenvalue weighted by atomic mass is 10.2. The van der Waals surface area contributed by atoms with E-state index in [9.17, 15) is 13.2 Å². The van der Waals surface area contributed by atoms with Gasteiger partial charge in [-0.05, 0) is 19.1 Å². The van der Waals surface area contributed by atoms with E-state index in [1.54, 1.807) is 17.9 Å². The fourth-order valence-corrected chi connectivity index (χ4v) is 1.67. The first kappa shape index (κ1) is 13.4. The Balaban J connectivity index is 2.19. The van der Waals surface area contributed by atoms with Gasteiger partial charge in [-0.3, -0.25) is 4.68 Å². The maximum Gasteiger partial charge on any atom is 0.419 e. The Bertz CT molecular complexity index is 575. The highest BCUT2D eigenvalue weighted by Crippen LogP contribution is 2.33. The molecule has 0 saturated heterocycles. The smallest absolute Gasteiger partial charge is 0.365 e. The summed E-state index contributed by atoms with van der Waals surface area (Å²) in [6.45, 7) is 2.10. The Kier molecular flexibility index (Phi) is 3.46. The Hall–Kier alpha value is -2.05. The molecule has 0 aliphatic heterocycles. The summed E-state index contributed by atoms with van der Waals surface area (Å²) in [5, 5.41) is 6.74. The molecule has 7 heteroatoms. The summed E-state index contributed by atoms with van der Waals surface area (Å²) in [5.41, 5.74) is 0.967. The first-order valence-electron chi connectivity index (χ1n) is 5.63. The average Bonchev–Trinajstić information content (AvgIpc) is 2.67. The van der Waals surface area contributed by atoms with Crippen molar-refractivity contribution in [2.75, 3.05) is 5.32 Å². The molecule has 0 atom stereocenters. The van der Waals surface area contributed by atoms with Crippen molar-refractivity contribution >= 4 is 5.82 Å². The van der Waals surface area contributed by atoms with Crippen molar-refractivity contribution < 1.29 is 13.2 Å². The Labute approximate surface area is 108 Å². The molecule has 0 bridgehead atoms. The SMILES string of the molecule is Cc1c(CNc2ncccc2C(F)(F)F)cnn1C. The van der Waals surface area contributed by atoms with Crippen molar-refractivity contribution in [2.45, 2.75) is 19.6 Å². The molecule has 0 spiro atoms. The van der Waals surface area contributed by atoms with Crippen LogP contribution >= 0.6 is 0 Å². The van der Waals surface area contributed by atoms with Gasteiger partial charge < -0.3 is 5.32 Å². The zero-order valence-corrected chi connectivity index (χ0v) is 10.5. The number of aromatic nitrogens is 3. The minimum atomic E-state index is -4.42. The number of pyridine rings is 1. The molecule has 2 aromatic heterocycles. The molecule has 0 unspecified atom stereocenters. The summed E-state index contributed by atoms with van der Waals surface area (Å²) in [7, 11) is 1.78. The molecule has 0 aliphatic carbocycles. The van der Waals surface area contributed by atoms with Crippen LogP contribution in [0.2, 0.25) is 0 Å². The molecule has 0 saturated carbocycles. The number of anilines is 1. The highest BCUT2D eigenvalue weighted by Gasteiger charge is 2.34. The molecular weight excluding hydrogens is 257 g/mol. The number of aryl methyl sites for hydroxylation is 1. The van der Waals surface area contributed by atoms with E-state index in [1.165, 1.54) is 12.3 Å². The Morgan fingerprint density at radius 1 is 1.37 bits per heavy atom. The minimum Gasteiger partial charge on any atom is -0.365 e. The number of hydrogen-bond donors (Lipinski definition) is 1. The van der Waals surface area contributed by atoms with Crippen molar-refractivity contribution in [3.63, 3.8) is 0 Å². The monoisotopic (exact) mass is 270 g/mol. The van der Waals surface area contributed by atoms with Crippen LogP contribution in [0.25, 0.3) is 0 Å². The van der Waals surface area contributed by atoms with E-state index in [2.05, 4.69) is 15.4 Å². The lowest BCUT2D eigenvalue weighted by Gasteiger charge is -2.12. The minimum absolute atomic E-state index is 0.168. The van der Waals surface area contributed by atoms with Crippen LogP contribution in [-0.2, 0) is 19.8 Å². The fourth-order valence-electron chi connectivity index (χ4n) is 1.67. The van der Waals surface area contributed by atoms with Crippen LogP contribution < -0.4 is 5.32 Å². The molecule has 2 heterocycles. The molecular formula is C12H13F3N4. The van der Waals surface area contributed by atoms with Crippen molar-refractivity contribution in [2.24, 2.45) is 7.05 Å². The highest BCUT2D eigenvalue weighted by atomic mass is 19.4. The molecule has 0 radical (unpaired) electrons. The molecule has 0 fully saturated rings. The molecule has 4 nitrogen and oxygen atoms in total. The molecule has 1 N–H and O–H groups in total. The van der Waals surface area contributed by atoms with Crippen LogP contribution in [0.4, 0.5) is 19.0 Å². The predicted molar refractivity (Wildman–Crippen MR) is 64.5 cm³/mol. The van der Waals surface area contributed by atoms with Gasteiger partial charge in [-0.25, -0.2) is 4.98 Å². The van der Waals surface area contributed by atoms with Crippen LogP contribution in [0.1, 0.15) is 16.8 Å². The second-order valence-electron chi connectivity index (χ2n) is 4.13. The van der Waals surface area contributed by atoms with Gasteiger partial charge in [-0.2, -0.15) is 18.3 Å². The lowest BCUT2D eigenvalue weighted by Crippen LogP contribution is -2.12. The zero-order valence-electron chi connectivity index (χ0n) is 10.5. The molecule has 102 valence electrons. The van der Waals surface area contributed by atoms with E-state index >= 15 is 0 Å². The number of nitrogens with one attached hydrogen (secondary N) is 1. The average molecular weight is 270 g/mol. The summed E-state index contributed by atoms with van der Waals surface area (Å²) in [5.74, 6) is -0.168. The van der Waals surface area contributed by atoms with Gasteiger partial charge in [0.25, 0.3) is 0 Å². The number of halogens is 3. The van der Waals surface area contributed by atoms with Gasteiger partial charge in [0.05, 0.1) is 11.8 Å². The second-order valence-corrected chi connectivity index (χ2v) is 4.13. The molecule has 2 aromatic rings. The highest BCUT2D eigenvalue weighted by molar-refractivity contribution is 5.46. The van der Waals surface area contributed by atoms with Crippen molar-refractivity contribution in [1.82, 2.24) is 14.8 Å². The van der Waals surface area contributed by atoms with Gasteiger partial charge >= 0.3 is 6.18 Å². The van der Waals surface area contributed by atoms with Crippen LogP contribution in [0, 0.1) is 6.92 Å². The summed E-state index contributed by atoms with van der Waals surface area (Å²) in [6.07, 6.45) is -1.47. The zero-order chi connectivity index (χ0) is 14.0. The van der Waals surface area contributed by atoms with E-state index < -0.39 is 11.7 Å².